The molecule has 0 aliphatic carbocycles. The van der Waals surface area contributed by atoms with Crippen LogP contribution in [0.2, 0.25) is 0 Å². The minimum atomic E-state index is -3.51. The number of nitrogens with one attached hydrogen (secondary N) is 1. The van der Waals surface area contributed by atoms with E-state index in [9.17, 15) is 13.2 Å². The van der Waals surface area contributed by atoms with Gasteiger partial charge in [0.15, 0.2) is 0 Å². The molecule has 1 heterocycles. The van der Waals surface area contributed by atoms with Gasteiger partial charge in [0, 0.05) is 26.1 Å². The standard InChI is InChI=1S/C16H24N2O3S/c1-13(2)14-6-8-15(9-7-14)22(20,21)17-10-12-18-11-4-3-5-16(18)19/h6-9,13,17H,3-5,10-12H2,1-2H3. The molecule has 1 amide bonds. The number of benzene rings is 1. The van der Waals surface area contributed by atoms with Gasteiger partial charge in [-0.1, -0.05) is 26.0 Å². The fourth-order valence-corrected chi connectivity index (χ4v) is 3.55. The molecule has 1 fully saturated rings. The van der Waals surface area contributed by atoms with Gasteiger partial charge in [0.25, 0.3) is 0 Å². The molecular weight excluding hydrogens is 300 g/mol. The number of likely N-dealkylation sites (tertiary alicyclic amines) is 1. The lowest BCUT2D eigenvalue weighted by atomic mass is 10.0. The van der Waals surface area contributed by atoms with Gasteiger partial charge in [-0.3, -0.25) is 4.79 Å². The number of sulfonamides is 1. The summed E-state index contributed by atoms with van der Waals surface area (Å²) in [5.41, 5.74) is 1.11. The van der Waals surface area contributed by atoms with Crippen molar-refractivity contribution in [2.75, 3.05) is 19.6 Å². The lowest BCUT2D eigenvalue weighted by molar-refractivity contribution is -0.133. The molecule has 0 bridgehead atoms. The predicted molar refractivity (Wildman–Crippen MR) is 86.2 cm³/mol. The Labute approximate surface area is 132 Å². The second kappa shape index (κ2) is 7.24. The number of hydrogen-bond donors (Lipinski definition) is 1. The van der Waals surface area contributed by atoms with Crippen molar-refractivity contribution in [3.63, 3.8) is 0 Å². The largest absolute Gasteiger partial charge is 0.341 e. The number of amides is 1. The number of nitrogens with zero attached hydrogens (tertiary/aromatic N) is 1. The lowest BCUT2D eigenvalue weighted by Crippen LogP contribution is -2.41. The maximum absolute atomic E-state index is 12.2. The second-order valence-electron chi connectivity index (χ2n) is 5.96. The van der Waals surface area contributed by atoms with E-state index in [2.05, 4.69) is 18.6 Å². The highest BCUT2D eigenvalue weighted by Gasteiger charge is 2.19. The molecule has 0 unspecified atom stereocenters. The van der Waals surface area contributed by atoms with E-state index in [1.54, 1.807) is 17.0 Å². The summed E-state index contributed by atoms with van der Waals surface area (Å²) >= 11 is 0. The summed E-state index contributed by atoms with van der Waals surface area (Å²) in [5, 5.41) is 0. The zero-order valence-corrected chi connectivity index (χ0v) is 14.0. The summed E-state index contributed by atoms with van der Waals surface area (Å²) in [6, 6.07) is 6.94. The topological polar surface area (TPSA) is 66.5 Å². The van der Waals surface area contributed by atoms with Crippen LogP contribution in [0.1, 0.15) is 44.6 Å². The van der Waals surface area contributed by atoms with Crippen molar-refractivity contribution in [2.45, 2.75) is 43.9 Å². The van der Waals surface area contributed by atoms with Crippen LogP contribution in [0.25, 0.3) is 0 Å². The molecule has 1 aliphatic heterocycles. The number of carbonyl (C=O) groups is 1. The molecule has 1 aromatic carbocycles. The molecule has 0 spiro atoms. The van der Waals surface area contributed by atoms with E-state index in [0.29, 0.717) is 18.9 Å². The smallest absolute Gasteiger partial charge is 0.240 e. The van der Waals surface area contributed by atoms with E-state index in [1.165, 1.54) is 0 Å². The van der Waals surface area contributed by atoms with Crippen molar-refractivity contribution < 1.29 is 13.2 Å². The highest BCUT2D eigenvalue weighted by Crippen LogP contribution is 2.17. The molecule has 122 valence electrons. The van der Waals surface area contributed by atoms with Crippen LogP contribution >= 0.6 is 0 Å². The number of carbonyl (C=O) groups excluding carboxylic acids is 1. The zero-order valence-electron chi connectivity index (χ0n) is 13.2. The zero-order chi connectivity index (χ0) is 16.2. The minimum Gasteiger partial charge on any atom is -0.341 e. The van der Waals surface area contributed by atoms with Crippen molar-refractivity contribution in [3.8, 4) is 0 Å². The van der Waals surface area contributed by atoms with Gasteiger partial charge in [-0.05, 0) is 36.5 Å². The molecule has 0 saturated carbocycles. The van der Waals surface area contributed by atoms with Gasteiger partial charge in [-0.2, -0.15) is 0 Å². The van der Waals surface area contributed by atoms with Crippen LogP contribution < -0.4 is 4.72 Å². The van der Waals surface area contributed by atoms with E-state index >= 15 is 0 Å². The molecule has 1 aromatic rings. The Morgan fingerprint density at radius 2 is 1.86 bits per heavy atom. The maximum atomic E-state index is 12.2. The van der Waals surface area contributed by atoms with Gasteiger partial charge in [0.2, 0.25) is 15.9 Å². The minimum absolute atomic E-state index is 0.117. The summed E-state index contributed by atoms with van der Waals surface area (Å²) in [6.45, 7) is 5.54. The molecule has 2 rings (SSSR count). The lowest BCUT2D eigenvalue weighted by Gasteiger charge is -2.26. The Kier molecular flexibility index (Phi) is 5.58. The Morgan fingerprint density at radius 1 is 1.18 bits per heavy atom. The third-order valence-corrected chi connectivity index (χ3v) is 5.43. The fraction of sp³-hybridized carbons (Fsp3) is 0.562. The van der Waals surface area contributed by atoms with Gasteiger partial charge in [0.1, 0.15) is 0 Å². The Bertz CT molecular complexity index is 609. The van der Waals surface area contributed by atoms with Gasteiger partial charge < -0.3 is 4.90 Å². The van der Waals surface area contributed by atoms with Gasteiger partial charge in [0.05, 0.1) is 4.90 Å². The number of hydrogen-bond acceptors (Lipinski definition) is 3. The van der Waals surface area contributed by atoms with Crippen LogP contribution in [0.5, 0.6) is 0 Å². The summed E-state index contributed by atoms with van der Waals surface area (Å²) in [4.78, 5) is 13.7. The van der Waals surface area contributed by atoms with Crippen LogP contribution in [0.15, 0.2) is 29.2 Å². The van der Waals surface area contributed by atoms with E-state index in [4.69, 9.17) is 0 Å². The van der Waals surface area contributed by atoms with E-state index < -0.39 is 10.0 Å². The maximum Gasteiger partial charge on any atom is 0.240 e. The molecule has 5 nitrogen and oxygen atoms in total. The summed E-state index contributed by atoms with van der Waals surface area (Å²) in [6.07, 6.45) is 2.50. The van der Waals surface area contributed by atoms with Crippen LogP contribution in [-0.2, 0) is 14.8 Å². The SMILES string of the molecule is CC(C)c1ccc(S(=O)(=O)NCCN2CCCCC2=O)cc1. The first-order valence-electron chi connectivity index (χ1n) is 7.77. The Morgan fingerprint density at radius 3 is 2.45 bits per heavy atom. The van der Waals surface area contributed by atoms with Crippen molar-refractivity contribution in [1.29, 1.82) is 0 Å². The number of rotatable bonds is 6. The molecule has 0 radical (unpaired) electrons. The fourth-order valence-electron chi connectivity index (χ4n) is 2.53. The van der Waals surface area contributed by atoms with Crippen molar-refractivity contribution in [1.82, 2.24) is 9.62 Å². The molecule has 1 saturated heterocycles. The van der Waals surface area contributed by atoms with Crippen LogP contribution in [0, 0.1) is 0 Å². The monoisotopic (exact) mass is 324 g/mol. The molecule has 6 heteroatoms. The summed E-state index contributed by atoms with van der Waals surface area (Å²) < 4.78 is 27.0. The quantitative estimate of drug-likeness (QED) is 0.871. The van der Waals surface area contributed by atoms with Crippen molar-refractivity contribution in [2.24, 2.45) is 0 Å². The van der Waals surface area contributed by atoms with Gasteiger partial charge in [-0.15, -0.1) is 0 Å². The third kappa shape index (κ3) is 4.30. The van der Waals surface area contributed by atoms with E-state index in [-0.39, 0.29) is 17.3 Å². The van der Waals surface area contributed by atoms with Gasteiger partial charge >= 0.3 is 0 Å². The van der Waals surface area contributed by atoms with Crippen LogP contribution in [-0.4, -0.2) is 38.9 Å². The van der Waals surface area contributed by atoms with Crippen LogP contribution in [0.4, 0.5) is 0 Å². The predicted octanol–water partition coefficient (Wildman–Crippen LogP) is 2.10. The molecule has 0 aromatic heterocycles. The van der Waals surface area contributed by atoms with E-state index in [1.807, 2.05) is 12.1 Å². The molecule has 1 N–H and O–H groups in total. The average molecular weight is 324 g/mol. The van der Waals surface area contributed by atoms with Gasteiger partial charge in [-0.25, -0.2) is 13.1 Å². The molecule has 1 aliphatic rings. The Balaban J connectivity index is 1.91. The molecule has 0 atom stereocenters. The first-order chi connectivity index (χ1) is 10.4. The normalized spacial score (nSPS) is 16.3. The Hall–Kier alpha value is -1.40. The highest BCUT2D eigenvalue weighted by atomic mass is 32.2. The highest BCUT2D eigenvalue weighted by molar-refractivity contribution is 7.89. The van der Waals surface area contributed by atoms with Crippen LogP contribution in [0.3, 0.4) is 0 Å². The second-order valence-corrected chi connectivity index (χ2v) is 7.73. The van der Waals surface area contributed by atoms with E-state index in [0.717, 1.165) is 24.9 Å². The first-order valence-corrected chi connectivity index (χ1v) is 9.26. The summed E-state index contributed by atoms with van der Waals surface area (Å²) in [5.74, 6) is 0.488. The third-order valence-electron chi connectivity index (χ3n) is 3.95. The average Bonchev–Trinajstić information content (AvgIpc) is 2.49. The molecule has 22 heavy (non-hydrogen) atoms. The van der Waals surface area contributed by atoms with Crippen molar-refractivity contribution >= 4 is 15.9 Å². The first kappa shape index (κ1) is 17.0. The summed E-state index contributed by atoms with van der Waals surface area (Å²) in [7, 11) is -3.51. The number of piperidine rings is 1. The molecular formula is C16H24N2O3S. The van der Waals surface area contributed by atoms with Crippen molar-refractivity contribution in [3.05, 3.63) is 29.8 Å².